The topological polar surface area (TPSA) is 109 Å². The number of rotatable bonds is 3. The predicted octanol–water partition coefficient (Wildman–Crippen LogP) is 2.90. The van der Waals surface area contributed by atoms with E-state index in [2.05, 4.69) is 0 Å². The van der Waals surface area contributed by atoms with E-state index in [1.807, 2.05) is 0 Å². The van der Waals surface area contributed by atoms with Crippen LogP contribution >= 0.6 is 0 Å². The van der Waals surface area contributed by atoms with Crippen molar-refractivity contribution in [3.63, 3.8) is 0 Å². The monoisotopic (exact) mass is 344 g/mol. The van der Waals surface area contributed by atoms with Gasteiger partial charge in [-0.3, -0.25) is 4.79 Å². The summed E-state index contributed by atoms with van der Waals surface area (Å²) in [5.41, 5.74) is 0.205. The summed E-state index contributed by atoms with van der Waals surface area (Å²) in [6.45, 7) is 1.54. The van der Waals surface area contributed by atoms with E-state index in [9.17, 15) is 20.1 Å². The Labute approximate surface area is 142 Å². The summed E-state index contributed by atoms with van der Waals surface area (Å²) in [6.07, 6.45) is 0. The lowest BCUT2D eigenvalue weighted by Gasteiger charge is -2.13. The molecule has 1 heterocycles. The number of ether oxygens (including phenoxy) is 2. The summed E-state index contributed by atoms with van der Waals surface area (Å²) < 4.78 is 16.3. The molecule has 7 heteroatoms. The molecule has 3 aromatic rings. The van der Waals surface area contributed by atoms with E-state index in [1.54, 1.807) is 6.92 Å². The zero-order valence-corrected chi connectivity index (χ0v) is 13.8. The van der Waals surface area contributed by atoms with E-state index in [1.165, 1.54) is 38.5 Å². The van der Waals surface area contributed by atoms with Crippen molar-refractivity contribution in [2.24, 2.45) is 0 Å². The van der Waals surface area contributed by atoms with Crippen LogP contribution in [0.2, 0.25) is 0 Å². The van der Waals surface area contributed by atoms with E-state index in [0.29, 0.717) is 5.56 Å². The molecule has 1 aromatic heterocycles. The van der Waals surface area contributed by atoms with Crippen molar-refractivity contribution in [3.8, 4) is 40.1 Å². The van der Waals surface area contributed by atoms with Gasteiger partial charge in [0.1, 0.15) is 16.9 Å². The van der Waals surface area contributed by atoms with E-state index < -0.39 is 5.43 Å². The second kappa shape index (κ2) is 5.94. The Hall–Kier alpha value is -3.35. The standard InChI is InChI=1S/C18H16O7/c1-8-15(22)14-12(21)7-13(23-2)17(24-3)18(14)25-16(8)9-4-5-10(19)11(20)6-9/h4-7,19-21H,1-3H3. The fraction of sp³-hybridized carbons (Fsp3) is 0.167. The minimum atomic E-state index is -0.442. The molecule has 0 amide bonds. The van der Waals surface area contributed by atoms with Gasteiger partial charge in [0.2, 0.25) is 5.75 Å². The SMILES string of the molecule is COc1cc(O)c2c(=O)c(C)c(-c3ccc(O)c(O)c3)oc2c1OC. The quantitative estimate of drug-likeness (QED) is 0.627. The van der Waals surface area contributed by atoms with E-state index >= 15 is 0 Å². The molecule has 0 saturated heterocycles. The highest BCUT2D eigenvalue weighted by Gasteiger charge is 2.22. The third-order valence-corrected chi connectivity index (χ3v) is 3.96. The zero-order valence-electron chi connectivity index (χ0n) is 13.8. The fourth-order valence-electron chi connectivity index (χ4n) is 2.67. The summed E-state index contributed by atoms with van der Waals surface area (Å²) in [6, 6.07) is 5.34. The van der Waals surface area contributed by atoms with Gasteiger partial charge in [-0.15, -0.1) is 0 Å². The molecule has 130 valence electrons. The molecule has 0 aliphatic carbocycles. The number of hydrogen-bond donors (Lipinski definition) is 3. The molecule has 0 fully saturated rings. The summed E-state index contributed by atoms with van der Waals surface area (Å²) in [5.74, 6) is -0.374. The highest BCUT2D eigenvalue weighted by atomic mass is 16.5. The van der Waals surface area contributed by atoms with Gasteiger partial charge in [-0.25, -0.2) is 0 Å². The first kappa shape index (κ1) is 16.5. The summed E-state index contributed by atoms with van der Waals surface area (Å²) in [5, 5.41) is 29.3. The maximum absolute atomic E-state index is 12.7. The molecular formula is C18H16O7. The first-order valence-corrected chi connectivity index (χ1v) is 7.32. The second-order valence-electron chi connectivity index (χ2n) is 5.42. The molecule has 0 aliphatic heterocycles. The van der Waals surface area contributed by atoms with Crippen LogP contribution < -0.4 is 14.9 Å². The molecule has 25 heavy (non-hydrogen) atoms. The van der Waals surface area contributed by atoms with Crippen molar-refractivity contribution in [1.82, 2.24) is 0 Å². The van der Waals surface area contributed by atoms with Crippen LogP contribution in [-0.2, 0) is 0 Å². The van der Waals surface area contributed by atoms with Gasteiger partial charge in [0, 0.05) is 17.2 Å². The number of benzene rings is 2. The lowest BCUT2D eigenvalue weighted by atomic mass is 10.0. The number of aromatic hydroxyl groups is 3. The summed E-state index contributed by atoms with van der Waals surface area (Å²) in [4.78, 5) is 12.7. The van der Waals surface area contributed by atoms with Gasteiger partial charge in [-0.05, 0) is 25.1 Å². The normalized spacial score (nSPS) is 10.8. The van der Waals surface area contributed by atoms with E-state index in [4.69, 9.17) is 13.9 Å². The summed E-state index contributed by atoms with van der Waals surface area (Å²) >= 11 is 0. The minimum absolute atomic E-state index is 0.0255. The van der Waals surface area contributed by atoms with Gasteiger partial charge in [0.25, 0.3) is 0 Å². The van der Waals surface area contributed by atoms with Crippen LogP contribution in [0.3, 0.4) is 0 Å². The molecule has 0 bridgehead atoms. The molecule has 0 radical (unpaired) electrons. The lowest BCUT2D eigenvalue weighted by molar-refractivity contribution is 0.350. The molecule has 0 unspecified atom stereocenters. The molecule has 7 nitrogen and oxygen atoms in total. The lowest BCUT2D eigenvalue weighted by Crippen LogP contribution is -2.08. The fourth-order valence-corrected chi connectivity index (χ4v) is 2.67. The van der Waals surface area contributed by atoms with E-state index in [-0.39, 0.29) is 51.0 Å². The Morgan fingerprint density at radius 3 is 2.28 bits per heavy atom. The zero-order chi connectivity index (χ0) is 18.3. The Morgan fingerprint density at radius 1 is 0.960 bits per heavy atom. The van der Waals surface area contributed by atoms with Crippen LogP contribution in [0.5, 0.6) is 28.7 Å². The maximum atomic E-state index is 12.7. The molecule has 0 atom stereocenters. The highest BCUT2D eigenvalue weighted by molar-refractivity contribution is 5.92. The first-order valence-electron chi connectivity index (χ1n) is 7.32. The average molecular weight is 344 g/mol. The van der Waals surface area contributed by atoms with Crippen molar-refractivity contribution in [2.45, 2.75) is 6.92 Å². The van der Waals surface area contributed by atoms with Crippen molar-refractivity contribution >= 4 is 11.0 Å². The van der Waals surface area contributed by atoms with Crippen molar-refractivity contribution in [1.29, 1.82) is 0 Å². The van der Waals surface area contributed by atoms with E-state index in [0.717, 1.165) is 0 Å². The van der Waals surface area contributed by atoms with Gasteiger partial charge in [0.15, 0.2) is 28.3 Å². The maximum Gasteiger partial charge on any atom is 0.205 e. The molecule has 0 saturated carbocycles. The largest absolute Gasteiger partial charge is 0.507 e. The third kappa shape index (κ3) is 2.50. The first-order chi connectivity index (χ1) is 11.9. The number of methoxy groups -OCH3 is 2. The van der Waals surface area contributed by atoms with Crippen molar-refractivity contribution in [3.05, 3.63) is 40.1 Å². The number of fused-ring (bicyclic) bond motifs is 1. The van der Waals surface area contributed by atoms with Crippen LogP contribution in [0.4, 0.5) is 0 Å². The second-order valence-corrected chi connectivity index (χ2v) is 5.42. The molecule has 0 spiro atoms. The van der Waals surface area contributed by atoms with Crippen LogP contribution in [0.1, 0.15) is 5.56 Å². The Kier molecular flexibility index (Phi) is 3.92. The Morgan fingerprint density at radius 2 is 1.68 bits per heavy atom. The third-order valence-electron chi connectivity index (χ3n) is 3.96. The smallest absolute Gasteiger partial charge is 0.205 e. The molecule has 3 N–H and O–H groups in total. The van der Waals surface area contributed by atoms with Crippen LogP contribution in [0, 0.1) is 6.92 Å². The van der Waals surface area contributed by atoms with Gasteiger partial charge < -0.3 is 29.2 Å². The number of hydrogen-bond acceptors (Lipinski definition) is 7. The molecule has 2 aromatic carbocycles. The van der Waals surface area contributed by atoms with Crippen LogP contribution in [0.25, 0.3) is 22.3 Å². The van der Waals surface area contributed by atoms with Gasteiger partial charge in [-0.1, -0.05) is 0 Å². The Bertz CT molecular complexity index is 1030. The number of phenols is 3. The van der Waals surface area contributed by atoms with Gasteiger partial charge in [-0.2, -0.15) is 0 Å². The number of phenolic OH excluding ortho intramolecular Hbond substituents is 3. The molecule has 3 rings (SSSR count). The summed E-state index contributed by atoms with van der Waals surface area (Å²) in [7, 11) is 2.79. The minimum Gasteiger partial charge on any atom is -0.507 e. The highest BCUT2D eigenvalue weighted by Crippen LogP contribution is 2.42. The molecule has 0 aliphatic rings. The average Bonchev–Trinajstić information content (AvgIpc) is 2.59. The van der Waals surface area contributed by atoms with Crippen LogP contribution in [-0.4, -0.2) is 29.5 Å². The Balaban J connectivity index is 2.44. The van der Waals surface area contributed by atoms with Gasteiger partial charge >= 0.3 is 0 Å². The van der Waals surface area contributed by atoms with Crippen molar-refractivity contribution < 1.29 is 29.2 Å². The van der Waals surface area contributed by atoms with Gasteiger partial charge in [0.05, 0.1) is 14.2 Å². The predicted molar refractivity (Wildman–Crippen MR) is 90.8 cm³/mol. The van der Waals surface area contributed by atoms with Crippen LogP contribution in [0.15, 0.2) is 33.5 Å². The van der Waals surface area contributed by atoms with Crippen molar-refractivity contribution in [2.75, 3.05) is 14.2 Å². The molecular weight excluding hydrogens is 328 g/mol.